The van der Waals surface area contributed by atoms with Crippen LogP contribution in [0.3, 0.4) is 0 Å². The van der Waals surface area contributed by atoms with E-state index in [9.17, 15) is 13.2 Å². The summed E-state index contributed by atoms with van der Waals surface area (Å²) < 4.78 is 20.8. The van der Waals surface area contributed by atoms with E-state index in [2.05, 4.69) is 17.9 Å². The Labute approximate surface area is 77.2 Å². The van der Waals surface area contributed by atoms with Crippen LogP contribution < -0.4 is 10.5 Å². The second kappa shape index (κ2) is 5.39. The first kappa shape index (κ1) is 11.7. The second-order valence-electron chi connectivity index (χ2n) is 2.19. The fourth-order valence-electron chi connectivity index (χ4n) is 0.523. The predicted molar refractivity (Wildman–Crippen MR) is 49.5 cm³/mol. The van der Waals surface area contributed by atoms with Crippen LogP contribution in [0.2, 0.25) is 0 Å². The van der Waals surface area contributed by atoms with Crippen LogP contribution in [-0.4, -0.2) is 32.4 Å². The van der Waals surface area contributed by atoms with E-state index in [1.165, 1.54) is 0 Å². The average Bonchev–Trinajstić information content (AvgIpc) is 1.84. The molecule has 0 saturated carbocycles. The Morgan fingerprint density at radius 2 is 2.08 bits per heavy atom. The Morgan fingerprint density at radius 1 is 1.50 bits per heavy atom. The highest BCUT2D eigenvalue weighted by Crippen LogP contribution is 1.83. The van der Waals surface area contributed by atoms with Crippen molar-refractivity contribution in [1.29, 1.82) is 0 Å². The lowest BCUT2D eigenvalue weighted by molar-refractivity contribution is -0.120. The molecule has 0 aliphatic heterocycles. The first-order chi connectivity index (χ1) is 5.45. The van der Waals surface area contributed by atoms with Gasteiger partial charge in [0.15, 0.2) is 0 Å². The number of amides is 1. The van der Waals surface area contributed by atoms with Gasteiger partial charge in [-0.1, -0.05) is 0 Å². The maximum Gasteiger partial charge on any atom is 0.220 e. The molecule has 0 fully saturated rings. The third-order valence-corrected chi connectivity index (χ3v) is 2.04. The molecule has 0 aliphatic rings. The standard InChI is InChI=1S/C5H12N2O3S2/c6-12(9,10)4-2-7-5(8)1-3-11/h11H,1-4H2,(H,7,8)(H2,6,9,10). The molecule has 0 bridgehead atoms. The van der Waals surface area contributed by atoms with Crippen molar-refractivity contribution in [3.05, 3.63) is 0 Å². The highest BCUT2D eigenvalue weighted by Gasteiger charge is 2.03. The van der Waals surface area contributed by atoms with Gasteiger partial charge in [-0.05, 0) is 5.75 Å². The van der Waals surface area contributed by atoms with Crippen molar-refractivity contribution in [2.24, 2.45) is 5.14 Å². The number of nitrogens with two attached hydrogens (primary N) is 1. The molecule has 0 spiro atoms. The molecule has 0 heterocycles. The van der Waals surface area contributed by atoms with Crippen molar-refractivity contribution < 1.29 is 13.2 Å². The summed E-state index contributed by atoms with van der Waals surface area (Å²) in [7, 11) is -3.47. The fraction of sp³-hybridized carbons (Fsp3) is 0.800. The minimum atomic E-state index is -3.47. The normalized spacial score (nSPS) is 11.2. The van der Waals surface area contributed by atoms with Gasteiger partial charge in [-0.3, -0.25) is 4.79 Å². The fourth-order valence-corrected chi connectivity index (χ4v) is 1.11. The van der Waals surface area contributed by atoms with E-state index < -0.39 is 10.0 Å². The van der Waals surface area contributed by atoms with Gasteiger partial charge in [-0.15, -0.1) is 0 Å². The molecule has 0 aromatic heterocycles. The summed E-state index contributed by atoms with van der Waals surface area (Å²) in [4.78, 5) is 10.7. The maximum atomic E-state index is 10.7. The first-order valence-corrected chi connectivity index (χ1v) is 5.68. The lowest BCUT2D eigenvalue weighted by Gasteiger charge is -2.01. The molecule has 0 atom stereocenters. The number of rotatable bonds is 5. The van der Waals surface area contributed by atoms with Gasteiger partial charge in [0.1, 0.15) is 0 Å². The van der Waals surface area contributed by atoms with Gasteiger partial charge < -0.3 is 5.32 Å². The zero-order valence-electron chi connectivity index (χ0n) is 6.49. The van der Waals surface area contributed by atoms with E-state index in [0.717, 1.165) is 0 Å². The van der Waals surface area contributed by atoms with Gasteiger partial charge in [0.05, 0.1) is 5.75 Å². The first-order valence-electron chi connectivity index (χ1n) is 3.34. The van der Waals surface area contributed by atoms with Crippen molar-refractivity contribution in [2.45, 2.75) is 6.42 Å². The molecule has 0 unspecified atom stereocenters. The van der Waals surface area contributed by atoms with Crippen molar-refractivity contribution in [3.63, 3.8) is 0 Å². The molecule has 72 valence electrons. The molecule has 0 aromatic rings. The Hall–Kier alpha value is -0.270. The summed E-state index contributed by atoms with van der Waals surface area (Å²) in [6, 6.07) is 0. The molecule has 12 heavy (non-hydrogen) atoms. The Balaban J connectivity index is 3.51. The molecule has 0 radical (unpaired) electrons. The van der Waals surface area contributed by atoms with Crippen molar-refractivity contribution in [2.75, 3.05) is 18.1 Å². The van der Waals surface area contributed by atoms with E-state index in [1.54, 1.807) is 0 Å². The lowest BCUT2D eigenvalue weighted by atomic mass is 10.4. The maximum absolute atomic E-state index is 10.7. The van der Waals surface area contributed by atoms with E-state index >= 15 is 0 Å². The summed E-state index contributed by atoms with van der Waals surface area (Å²) >= 11 is 3.84. The molecule has 0 aromatic carbocycles. The monoisotopic (exact) mass is 212 g/mol. The van der Waals surface area contributed by atoms with Gasteiger partial charge in [0, 0.05) is 13.0 Å². The minimum Gasteiger partial charge on any atom is -0.355 e. The number of hydrogen-bond acceptors (Lipinski definition) is 4. The van der Waals surface area contributed by atoms with Gasteiger partial charge >= 0.3 is 0 Å². The molecule has 0 saturated heterocycles. The molecule has 0 aliphatic carbocycles. The highest BCUT2D eigenvalue weighted by atomic mass is 32.2. The van der Waals surface area contributed by atoms with Gasteiger partial charge in [-0.25, -0.2) is 13.6 Å². The van der Waals surface area contributed by atoms with Crippen LogP contribution >= 0.6 is 12.6 Å². The number of sulfonamides is 1. The van der Waals surface area contributed by atoms with Crippen LogP contribution in [0.4, 0.5) is 0 Å². The van der Waals surface area contributed by atoms with E-state index in [0.29, 0.717) is 5.75 Å². The Bertz CT molecular complexity index is 237. The summed E-state index contributed by atoms with van der Waals surface area (Å²) in [6.07, 6.45) is 0.285. The summed E-state index contributed by atoms with van der Waals surface area (Å²) in [5.41, 5.74) is 0. The van der Waals surface area contributed by atoms with Gasteiger partial charge in [-0.2, -0.15) is 12.6 Å². The number of carbonyl (C=O) groups is 1. The van der Waals surface area contributed by atoms with E-state index in [1.807, 2.05) is 0 Å². The van der Waals surface area contributed by atoms with E-state index in [4.69, 9.17) is 5.14 Å². The number of hydrogen-bond donors (Lipinski definition) is 3. The number of carbonyl (C=O) groups excluding carboxylic acids is 1. The lowest BCUT2D eigenvalue weighted by Crippen LogP contribution is -2.31. The predicted octanol–water partition coefficient (Wildman–Crippen LogP) is -1.29. The van der Waals surface area contributed by atoms with Crippen LogP contribution in [0.1, 0.15) is 6.42 Å². The largest absolute Gasteiger partial charge is 0.355 e. The molecule has 7 heteroatoms. The zero-order valence-corrected chi connectivity index (χ0v) is 8.20. The van der Waals surface area contributed by atoms with Crippen LogP contribution in [0, 0.1) is 0 Å². The third-order valence-electron chi connectivity index (χ3n) is 1.05. The Morgan fingerprint density at radius 3 is 2.50 bits per heavy atom. The van der Waals surface area contributed by atoms with Crippen molar-refractivity contribution in [1.82, 2.24) is 5.32 Å². The Kier molecular flexibility index (Phi) is 5.27. The number of thiol groups is 1. The summed E-state index contributed by atoms with van der Waals surface area (Å²) in [6.45, 7) is 0.0610. The molecular formula is C5H12N2O3S2. The number of primary sulfonamides is 1. The summed E-state index contributed by atoms with van der Waals surface area (Å²) in [5.74, 6) is 0.000588. The average molecular weight is 212 g/mol. The smallest absolute Gasteiger partial charge is 0.220 e. The third kappa shape index (κ3) is 7.83. The van der Waals surface area contributed by atoms with Crippen molar-refractivity contribution in [3.8, 4) is 0 Å². The molecule has 3 N–H and O–H groups in total. The highest BCUT2D eigenvalue weighted by molar-refractivity contribution is 7.89. The van der Waals surface area contributed by atoms with E-state index in [-0.39, 0.29) is 24.6 Å². The van der Waals surface area contributed by atoms with Gasteiger partial charge in [0.25, 0.3) is 0 Å². The minimum absolute atomic E-state index is 0.0610. The quantitative estimate of drug-likeness (QED) is 0.495. The van der Waals surface area contributed by atoms with Gasteiger partial charge in [0.2, 0.25) is 15.9 Å². The topological polar surface area (TPSA) is 89.3 Å². The van der Waals surface area contributed by atoms with Crippen LogP contribution in [0.25, 0.3) is 0 Å². The molecule has 5 nitrogen and oxygen atoms in total. The molecule has 1 amide bonds. The van der Waals surface area contributed by atoms with Crippen LogP contribution in [0.15, 0.2) is 0 Å². The van der Waals surface area contributed by atoms with Crippen molar-refractivity contribution >= 4 is 28.6 Å². The molecular weight excluding hydrogens is 200 g/mol. The second-order valence-corrected chi connectivity index (χ2v) is 4.37. The molecule has 0 rings (SSSR count). The number of nitrogens with one attached hydrogen (secondary N) is 1. The summed E-state index contributed by atoms with van der Waals surface area (Å²) in [5, 5.41) is 7.09. The van der Waals surface area contributed by atoms with Crippen LogP contribution in [-0.2, 0) is 14.8 Å². The zero-order chi connectivity index (χ0) is 9.61. The van der Waals surface area contributed by atoms with Crippen LogP contribution in [0.5, 0.6) is 0 Å². The SMILES string of the molecule is NS(=O)(=O)CCNC(=O)CCS.